The summed E-state index contributed by atoms with van der Waals surface area (Å²) >= 11 is 1.45. The highest BCUT2D eigenvalue weighted by Gasteiger charge is 2.14. The van der Waals surface area contributed by atoms with Crippen molar-refractivity contribution < 1.29 is 9.90 Å². The number of benzene rings is 1. The Morgan fingerprint density at radius 2 is 2.08 bits per heavy atom. The summed E-state index contributed by atoms with van der Waals surface area (Å²) in [4.78, 5) is 16.6. The largest absolute Gasteiger partial charge is 0.387 e. The molecule has 0 fully saturated rings. The summed E-state index contributed by atoms with van der Waals surface area (Å²) in [6.07, 6.45) is 1.75. The number of thiazole rings is 1. The number of carbonyl (C=O) groups is 1. The lowest BCUT2D eigenvalue weighted by Crippen LogP contribution is -2.26. The van der Waals surface area contributed by atoms with Crippen LogP contribution < -0.4 is 5.32 Å². The highest BCUT2D eigenvalue weighted by Crippen LogP contribution is 2.23. The van der Waals surface area contributed by atoms with Gasteiger partial charge >= 0.3 is 0 Å². The van der Waals surface area contributed by atoms with Crippen molar-refractivity contribution in [3.8, 4) is 10.6 Å². The van der Waals surface area contributed by atoms with Crippen LogP contribution in [0.4, 0.5) is 0 Å². The Balaban J connectivity index is 1.54. The third kappa shape index (κ3) is 3.72. The third-order valence-corrected chi connectivity index (χ3v) is 4.68. The van der Waals surface area contributed by atoms with Gasteiger partial charge < -0.3 is 15.0 Å². The fraction of sp³-hybridized carbons (Fsp3) is 0.222. The van der Waals surface area contributed by atoms with Crippen molar-refractivity contribution in [2.45, 2.75) is 12.5 Å². The van der Waals surface area contributed by atoms with E-state index in [0.717, 1.165) is 16.3 Å². The molecule has 2 heterocycles. The van der Waals surface area contributed by atoms with E-state index < -0.39 is 6.10 Å². The molecule has 6 heteroatoms. The highest BCUT2D eigenvalue weighted by atomic mass is 32.1. The van der Waals surface area contributed by atoms with Crippen molar-refractivity contribution in [1.29, 1.82) is 0 Å². The predicted octanol–water partition coefficient (Wildman–Crippen LogP) is 3.00. The molecule has 3 rings (SSSR count). The molecule has 3 aromatic rings. The van der Waals surface area contributed by atoms with Crippen LogP contribution in [0.25, 0.3) is 10.6 Å². The molecule has 1 amide bonds. The Morgan fingerprint density at radius 3 is 2.79 bits per heavy atom. The Bertz CT molecular complexity index is 811. The molecule has 0 aliphatic carbocycles. The normalized spacial score (nSPS) is 12.1. The molecule has 2 aromatic heterocycles. The number of aromatic nitrogens is 2. The first-order chi connectivity index (χ1) is 11.6. The van der Waals surface area contributed by atoms with Crippen LogP contribution in [-0.4, -0.2) is 27.1 Å². The highest BCUT2D eigenvalue weighted by molar-refractivity contribution is 7.13. The molecule has 1 aromatic carbocycles. The average molecular weight is 341 g/mol. The smallest absolute Gasteiger partial charge is 0.270 e. The molecule has 24 heavy (non-hydrogen) atoms. The fourth-order valence-corrected chi connectivity index (χ4v) is 3.28. The molecule has 0 aliphatic heterocycles. The maximum atomic E-state index is 12.2. The summed E-state index contributed by atoms with van der Waals surface area (Å²) in [5.41, 5.74) is 2.25. The zero-order chi connectivity index (χ0) is 16.9. The maximum absolute atomic E-state index is 12.2. The second-order valence-corrected chi connectivity index (χ2v) is 6.37. The molecule has 2 N–H and O–H groups in total. The number of aliphatic hydroxyl groups is 1. The molecule has 0 radical (unpaired) electrons. The zero-order valence-corrected chi connectivity index (χ0v) is 14.2. The number of hydrogen-bond acceptors (Lipinski definition) is 4. The van der Waals surface area contributed by atoms with Gasteiger partial charge in [-0.1, -0.05) is 30.3 Å². The van der Waals surface area contributed by atoms with E-state index in [1.807, 2.05) is 60.3 Å². The number of hydrogen-bond donors (Lipinski definition) is 2. The third-order valence-electron chi connectivity index (χ3n) is 3.79. The van der Waals surface area contributed by atoms with Crippen LogP contribution in [0.3, 0.4) is 0 Å². The van der Waals surface area contributed by atoms with Gasteiger partial charge in [0, 0.05) is 36.4 Å². The lowest BCUT2D eigenvalue weighted by molar-refractivity contribution is 0.0937. The monoisotopic (exact) mass is 341 g/mol. The van der Waals surface area contributed by atoms with Crippen LogP contribution in [0.1, 0.15) is 28.7 Å². The van der Waals surface area contributed by atoms with E-state index in [0.29, 0.717) is 18.7 Å². The van der Waals surface area contributed by atoms with Crippen molar-refractivity contribution >= 4 is 17.2 Å². The number of nitrogens with one attached hydrogen (secondary N) is 1. The SMILES string of the molecule is Cn1cccc1[C@@H](O)CCNC(=O)c1csc(-c2ccccc2)n1. The number of aliphatic hydroxyl groups excluding tert-OH is 1. The lowest BCUT2D eigenvalue weighted by atomic mass is 10.2. The van der Waals surface area contributed by atoms with Gasteiger partial charge in [0.05, 0.1) is 6.10 Å². The summed E-state index contributed by atoms with van der Waals surface area (Å²) in [5, 5.41) is 15.5. The van der Waals surface area contributed by atoms with Gasteiger partial charge in [-0.05, 0) is 18.6 Å². The molecule has 0 spiro atoms. The lowest BCUT2D eigenvalue weighted by Gasteiger charge is -2.12. The summed E-state index contributed by atoms with van der Waals surface area (Å²) in [5.74, 6) is -0.215. The number of rotatable bonds is 6. The average Bonchev–Trinajstić information content (AvgIpc) is 3.24. The van der Waals surface area contributed by atoms with Crippen molar-refractivity contribution in [2.75, 3.05) is 6.54 Å². The number of amides is 1. The second kappa shape index (κ2) is 7.42. The van der Waals surface area contributed by atoms with Gasteiger partial charge in [-0.3, -0.25) is 4.79 Å². The number of carbonyl (C=O) groups excluding carboxylic acids is 1. The minimum Gasteiger partial charge on any atom is -0.387 e. The van der Waals surface area contributed by atoms with Gasteiger partial charge in [0.1, 0.15) is 10.7 Å². The zero-order valence-electron chi connectivity index (χ0n) is 13.3. The maximum Gasteiger partial charge on any atom is 0.270 e. The van der Waals surface area contributed by atoms with E-state index in [1.54, 1.807) is 5.38 Å². The Kier molecular flexibility index (Phi) is 5.08. The molecular weight excluding hydrogens is 322 g/mol. The topological polar surface area (TPSA) is 67.2 Å². The second-order valence-electron chi connectivity index (χ2n) is 5.51. The minimum absolute atomic E-state index is 0.215. The summed E-state index contributed by atoms with van der Waals surface area (Å²) in [7, 11) is 1.89. The van der Waals surface area contributed by atoms with Gasteiger partial charge in [0.25, 0.3) is 5.91 Å². The van der Waals surface area contributed by atoms with Crippen LogP contribution in [0, 0.1) is 0 Å². The summed E-state index contributed by atoms with van der Waals surface area (Å²) < 4.78 is 1.87. The van der Waals surface area contributed by atoms with Crippen LogP contribution >= 0.6 is 11.3 Å². The first kappa shape index (κ1) is 16.4. The van der Waals surface area contributed by atoms with Crippen LogP contribution in [0.5, 0.6) is 0 Å². The van der Waals surface area contributed by atoms with Gasteiger partial charge in [-0.25, -0.2) is 4.98 Å². The quantitative estimate of drug-likeness (QED) is 0.724. The Hall–Kier alpha value is -2.44. The first-order valence-corrected chi connectivity index (χ1v) is 8.61. The van der Waals surface area contributed by atoms with E-state index >= 15 is 0 Å². The van der Waals surface area contributed by atoms with Crippen molar-refractivity contribution in [2.24, 2.45) is 7.05 Å². The Labute approximate surface area is 144 Å². The van der Waals surface area contributed by atoms with Crippen molar-refractivity contribution in [1.82, 2.24) is 14.9 Å². The molecular formula is C18H19N3O2S. The fourth-order valence-electron chi connectivity index (χ4n) is 2.47. The standard InChI is InChI=1S/C18H19N3O2S/c1-21-11-5-8-15(21)16(22)9-10-19-17(23)14-12-24-18(20-14)13-6-3-2-4-7-13/h2-8,11-12,16,22H,9-10H2,1H3,(H,19,23)/t16-/m0/s1. The van der Waals surface area contributed by atoms with E-state index in [4.69, 9.17) is 0 Å². The summed E-state index contributed by atoms with van der Waals surface area (Å²) in [6, 6.07) is 13.5. The van der Waals surface area contributed by atoms with E-state index in [-0.39, 0.29) is 5.91 Å². The molecule has 0 saturated carbocycles. The minimum atomic E-state index is -0.597. The number of nitrogens with zero attached hydrogens (tertiary/aromatic N) is 2. The van der Waals surface area contributed by atoms with E-state index in [9.17, 15) is 9.90 Å². The van der Waals surface area contributed by atoms with Gasteiger partial charge in [-0.15, -0.1) is 11.3 Å². The van der Waals surface area contributed by atoms with Crippen LogP contribution in [-0.2, 0) is 7.05 Å². The Morgan fingerprint density at radius 1 is 1.29 bits per heavy atom. The van der Waals surface area contributed by atoms with Crippen LogP contribution in [0.15, 0.2) is 54.0 Å². The molecule has 124 valence electrons. The molecule has 0 saturated heterocycles. The molecule has 1 atom stereocenters. The van der Waals surface area contributed by atoms with E-state index in [2.05, 4.69) is 10.3 Å². The van der Waals surface area contributed by atoms with Gasteiger partial charge in [0.2, 0.25) is 0 Å². The molecule has 5 nitrogen and oxygen atoms in total. The van der Waals surface area contributed by atoms with Crippen LogP contribution in [0.2, 0.25) is 0 Å². The molecule has 0 aliphatic rings. The summed E-state index contributed by atoms with van der Waals surface area (Å²) in [6.45, 7) is 0.392. The van der Waals surface area contributed by atoms with Gasteiger partial charge in [0.15, 0.2) is 0 Å². The van der Waals surface area contributed by atoms with Gasteiger partial charge in [-0.2, -0.15) is 0 Å². The number of aryl methyl sites for hydroxylation is 1. The van der Waals surface area contributed by atoms with Crippen molar-refractivity contribution in [3.05, 3.63) is 65.4 Å². The van der Waals surface area contributed by atoms with E-state index in [1.165, 1.54) is 11.3 Å². The first-order valence-electron chi connectivity index (χ1n) is 7.73. The molecule has 0 bridgehead atoms. The predicted molar refractivity (Wildman–Crippen MR) is 94.9 cm³/mol. The molecule has 0 unspecified atom stereocenters. The van der Waals surface area contributed by atoms with Crippen molar-refractivity contribution in [3.63, 3.8) is 0 Å².